The lowest BCUT2D eigenvalue weighted by Crippen LogP contribution is -2.44. The number of hydrogen-bond acceptors (Lipinski definition) is 6. The number of aliphatic hydroxyl groups is 1. The first-order chi connectivity index (χ1) is 11.7. The van der Waals surface area contributed by atoms with Crippen molar-refractivity contribution in [2.24, 2.45) is 0 Å². The van der Waals surface area contributed by atoms with Gasteiger partial charge in [-0.15, -0.1) is 11.3 Å². The van der Waals surface area contributed by atoms with Crippen molar-refractivity contribution in [3.63, 3.8) is 0 Å². The van der Waals surface area contributed by atoms with Crippen molar-refractivity contribution in [1.82, 2.24) is 20.6 Å². The highest BCUT2D eigenvalue weighted by Crippen LogP contribution is 2.32. The number of aromatic nitrogens is 2. The number of aromatic amines is 1. The van der Waals surface area contributed by atoms with Crippen molar-refractivity contribution >= 4 is 22.4 Å². The van der Waals surface area contributed by atoms with Gasteiger partial charge in [-0.1, -0.05) is 6.07 Å². The van der Waals surface area contributed by atoms with Crippen LogP contribution in [0.3, 0.4) is 0 Å². The number of thiophene rings is 1. The van der Waals surface area contributed by atoms with Gasteiger partial charge in [-0.3, -0.25) is 5.32 Å². The molecular formula is C17H20N4O2S. The molecule has 2 unspecified atom stereocenters. The number of benzene rings is 1. The van der Waals surface area contributed by atoms with E-state index in [9.17, 15) is 10.2 Å². The summed E-state index contributed by atoms with van der Waals surface area (Å²) in [5, 5.41) is 29.3. The van der Waals surface area contributed by atoms with Gasteiger partial charge in [-0.05, 0) is 43.0 Å². The molecule has 6 nitrogen and oxygen atoms in total. The van der Waals surface area contributed by atoms with Crippen LogP contribution in [-0.2, 0) is 0 Å². The highest BCUT2D eigenvalue weighted by molar-refractivity contribution is 7.13. The van der Waals surface area contributed by atoms with Crippen LogP contribution in [0.5, 0.6) is 5.75 Å². The quantitative estimate of drug-likeness (QED) is 0.469. The molecule has 126 valence electrons. The number of imidazole rings is 1. The molecular weight excluding hydrogens is 324 g/mol. The lowest BCUT2D eigenvalue weighted by molar-refractivity contribution is 0.118. The fourth-order valence-corrected chi connectivity index (χ4v) is 3.83. The molecule has 2 aromatic heterocycles. The van der Waals surface area contributed by atoms with Crippen LogP contribution in [0, 0.1) is 0 Å². The van der Waals surface area contributed by atoms with Gasteiger partial charge in [0.1, 0.15) is 23.3 Å². The Morgan fingerprint density at radius 1 is 1.33 bits per heavy atom. The topological polar surface area (TPSA) is 93.2 Å². The summed E-state index contributed by atoms with van der Waals surface area (Å²) in [6.45, 7) is 1.88. The molecule has 5 N–H and O–H groups in total. The minimum absolute atomic E-state index is 0.135. The Bertz CT molecular complexity index is 825. The first-order valence-electron chi connectivity index (χ1n) is 8.12. The summed E-state index contributed by atoms with van der Waals surface area (Å²) in [7, 11) is 0. The van der Waals surface area contributed by atoms with Crippen molar-refractivity contribution in [3.8, 4) is 16.5 Å². The standard InChI is InChI=1S/C17H20N4O2S/c22-12-6-5-11(17(23)19-10-3-1-7-18-9-10)14-15(12)21-16(20-14)13-4-2-8-24-13/h2,4-6,8,10,17-19,22-23H,1,3,7,9H2,(H,20,21). The van der Waals surface area contributed by atoms with Gasteiger partial charge in [0.2, 0.25) is 0 Å². The van der Waals surface area contributed by atoms with Crippen LogP contribution in [0.15, 0.2) is 29.6 Å². The van der Waals surface area contributed by atoms with Crippen LogP contribution in [0.4, 0.5) is 0 Å². The van der Waals surface area contributed by atoms with Gasteiger partial charge >= 0.3 is 0 Å². The highest BCUT2D eigenvalue weighted by atomic mass is 32.1. The fourth-order valence-electron chi connectivity index (χ4n) is 3.16. The number of aliphatic hydroxyl groups excluding tert-OH is 1. The average molecular weight is 344 g/mol. The summed E-state index contributed by atoms with van der Waals surface area (Å²) in [6, 6.07) is 7.48. The van der Waals surface area contributed by atoms with E-state index in [0.717, 1.165) is 30.8 Å². The summed E-state index contributed by atoms with van der Waals surface area (Å²) in [4.78, 5) is 8.77. The molecule has 4 rings (SSSR count). The zero-order valence-electron chi connectivity index (χ0n) is 13.1. The number of H-pyrrole nitrogens is 1. The third-order valence-corrected chi connectivity index (χ3v) is 5.27. The zero-order valence-corrected chi connectivity index (χ0v) is 13.9. The van der Waals surface area contributed by atoms with Crippen LogP contribution in [0.25, 0.3) is 21.7 Å². The summed E-state index contributed by atoms with van der Waals surface area (Å²) in [5.41, 5.74) is 1.83. The van der Waals surface area contributed by atoms with Crippen molar-refractivity contribution in [3.05, 3.63) is 35.2 Å². The molecule has 1 fully saturated rings. The highest BCUT2D eigenvalue weighted by Gasteiger charge is 2.21. The summed E-state index contributed by atoms with van der Waals surface area (Å²) in [5.74, 6) is 0.838. The van der Waals surface area contributed by atoms with E-state index >= 15 is 0 Å². The summed E-state index contributed by atoms with van der Waals surface area (Å²) >= 11 is 1.58. The second kappa shape index (κ2) is 6.52. The van der Waals surface area contributed by atoms with Gasteiger partial charge in [0, 0.05) is 18.2 Å². The Balaban J connectivity index is 1.68. The van der Waals surface area contributed by atoms with E-state index in [-0.39, 0.29) is 11.8 Å². The Hall–Kier alpha value is -1.93. The molecule has 1 aliphatic heterocycles. The third-order valence-electron chi connectivity index (χ3n) is 4.39. The molecule has 1 aromatic carbocycles. The molecule has 7 heteroatoms. The number of hydrogen-bond donors (Lipinski definition) is 5. The Labute approximate surface area is 143 Å². The molecule has 3 heterocycles. The number of phenolic OH excluding ortho intramolecular Hbond substituents is 1. The van der Waals surface area contributed by atoms with Crippen LogP contribution < -0.4 is 10.6 Å². The molecule has 0 aliphatic carbocycles. The minimum Gasteiger partial charge on any atom is -0.506 e. The Morgan fingerprint density at radius 3 is 3.00 bits per heavy atom. The van der Waals surface area contributed by atoms with Crippen LogP contribution in [0.2, 0.25) is 0 Å². The molecule has 3 aromatic rings. The SMILES string of the molecule is Oc1ccc(C(O)NC2CCCNC2)c2nc(-c3cccs3)[nH]c12. The molecule has 0 spiro atoms. The van der Waals surface area contributed by atoms with Crippen LogP contribution >= 0.6 is 11.3 Å². The summed E-state index contributed by atoms with van der Waals surface area (Å²) in [6.07, 6.45) is 1.31. The van der Waals surface area contributed by atoms with Crippen molar-refractivity contribution in [1.29, 1.82) is 0 Å². The lowest BCUT2D eigenvalue weighted by Gasteiger charge is -2.26. The smallest absolute Gasteiger partial charge is 0.148 e. The number of nitrogens with zero attached hydrogens (tertiary/aromatic N) is 1. The maximum atomic E-state index is 10.6. The first kappa shape index (κ1) is 15.6. The average Bonchev–Trinajstić information content (AvgIpc) is 3.26. The molecule has 0 saturated carbocycles. The summed E-state index contributed by atoms with van der Waals surface area (Å²) < 4.78 is 0. The predicted octanol–water partition coefficient (Wildman–Crippen LogP) is 2.33. The molecule has 1 saturated heterocycles. The third kappa shape index (κ3) is 2.91. The molecule has 1 aliphatic rings. The molecule has 0 amide bonds. The van der Waals surface area contributed by atoms with Gasteiger partial charge < -0.3 is 20.5 Å². The van der Waals surface area contributed by atoms with Gasteiger partial charge in [-0.2, -0.15) is 0 Å². The number of aromatic hydroxyl groups is 1. The van der Waals surface area contributed by atoms with E-state index in [1.54, 1.807) is 23.5 Å². The number of piperidine rings is 1. The monoisotopic (exact) mass is 344 g/mol. The second-order valence-electron chi connectivity index (χ2n) is 6.07. The fraction of sp³-hybridized carbons (Fsp3) is 0.353. The van der Waals surface area contributed by atoms with Gasteiger partial charge in [0.25, 0.3) is 0 Å². The largest absolute Gasteiger partial charge is 0.506 e. The van der Waals surface area contributed by atoms with Crippen LogP contribution in [-0.4, -0.2) is 39.3 Å². The van der Waals surface area contributed by atoms with E-state index in [0.29, 0.717) is 22.4 Å². The number of fused-ring (bicyclic) bond motifs is 1. The lowest BCUT2D eigenvalue weighted by atomic mass is 10.1. The van der Waals surface area contributed by atoms with Gasteiger partial charge in [0.05, 0.1) is 10.4 Å². The van der Waals surface area contributed by atoms with Gasteiger partial charge in [-0.25, -0.2) is 4.98 Å². The van der Waals surface area contributed by atoms with Crippen molar-refractivity contribution < 1.29 is 10.2 Å². The van der Waals surface area contributed by atoms with E-state index in [4.69, 9.17) is 0 Å². The van der Waals surface area contributed by atoms with Crippen LogP contribution in [0.1, 0.15) is 24.6 Å². The van der Waals surface area contributed by atoms with E-state index < -0.39 is 6.23 Å². The normalized spacial score (nSPS) is 19.6. The molecule has 24 heavy (non-hydrogen) atoms. The van der Waals surface area contributed by atoms with E-state index in [1.165, 1.54) is 0 Å². The van der Waals surface area contributed by atoms with Crippen molar-refractivity contribution in [2.45, 2.75) is 25.1 Å². The number of phenols is 1. The second-order valence-corrected chi connectivity index (χ2v) is 7.02. The number of nitrogens with one attached hydrogen (secondary N) is 3. The maximum Gasteiger partial charge on any atom is 0.148 e. The zero-order chi connectivity index (χ0) is 16.5. The predicted molar refractivity (Wildman–Crippen MR) is 95.1 cm³/mol. The Kier molecular flexibility index (Phi) is 4.24. The van der Waals surface area contributed by atoms with E-state index in [2.05, 4.69) is 20.6 Å². The van der Waals surface area contributed by atoms with Crippen molar-refractivity contribution in [2.75, 3.05) is 13.1 Å². The Morgan fingerprint density at radius 2 is 2.25 bits per heavy atom. The van der Waals surface area contributed by atoms with Gasteiger partial charge in [0.15, 0.2) is 0 Å². The molecule has 0 bridgehead atoms. The number of rotatable bonds is 4. The molecule has 0 radical (unpaired) electrons. The molecule has 2 atom stereocenters. The van der Waals surface area contributed by atoms with E-state index in [1.807, 2.05) is 17.5 Å². The minimum atomic E-state index is -0.822. The maximum absolute atomic E-state index is 10.6. The first-order valence-corrected chi connectivity index (χ1v) is 9.00.